The third kappa shape index (κ3) is 3.33. The van der Waals surface area contributed by atoms with Crippen molar-refractivity contribution in [2.75, 3.05) is 5.32 Å². The summed E-state index contributed by atoms with van der Waals surface area (Å²) in [6, 6.07) is 12.7. The summed E-state index contributed by atoms with van der Waals surface area (Å²) in [5, 5.41) is 6.88. The van der Waals surface area contributed by atoms with Crippen LogP contribution in [0.3, 0.4) is 0 Å². The summed E-state index contributed by atoms with van der Waals surface area (Å²) in [7, 11) is 0. The van der Waals surface area contributed by atoms with Crippen LogP contribution in [0.1, 0.15) is 38.7 Å². The van der Waals surface area contributed by atoms with Crippen LogP contribution in [0.5, 0.6) is 0 Å². The summed E-state index contributed by atoms with van der Waals surface area (Å²) in [5.74, 6) is 0.498. The van der Waals surface area contributed by atoms with E-state index in [1.807, 2.05) is 25.3 Å². The number of aryl methyl sites for hydroxylation is 4. The van der Waals surface area contributed by atoms with Crippen molar-refractivity contribution in [3.05, 3.63) is 76.3 Å². The lowest BCUT2D eigenvalue weighted by atomic mass is 9.98. The number of pyridine rings is 1. The standard InChI is InChI=1S/C24H21N3O2S/c1-14-22(15(2)29-27-14)26-24(28)21-12-18-6-3-5-16-8-9-17(11-20(16)23(18)30-21)19-7-4-10-25-13-19/h4,7-13H,3,5-6H2,1-2H3,(H,26,28). The van der Waals surface area contributed by atoms with E-state index in [-0.39, 0.29) is 5.91 Å². The number of aromatic nitrogens is 2. The van der Waals surface area contributed by atoms with Gasteiger partial charge in [0, 0.05) is 22.8 Å². The SMILES string of the molecule is Cc1noc(C)c1NC(=O)c1cc2c(s1)-c1cc(-c3cccnc3)ccc1CCC2. The van der Waals surface area contributed by atoms with E-state index in [2.05, 4.69) is 39.7 Å². The molecule has 0 saturated heterocycles. The van der Waals surface area contributed by atoms with Crippen LogP contribution in [-0.2, 0) is 12.8 Å². The third-order valence-corrected chi connectivity index (χ3v) is 6.76. The third-order valence-electron chi connectivity index (χ3n) is 5.55. The average Bonchev–Trinajstić information content (AvgIpc) is 3.28. The van der Waals surface area contributed by atoms with Crippen molar-refractivity contribution in [3.8, 4) is 21.6 Å². The molecule has 0 aliphatic heterocycles. The molecule has 0 spiro atoms. The molecule has 1 N–H and O–H groups in total. The van der Waals surface area contributed by atoms with Crippen LogP contribution >= 0.6 is 11.3 Å². The Morgan fingerprint density at radius 3 is 2.73 bits per heavy atom. The first kappa shape index (κ1) is 18.8. The van der Waals surface area contributed by atoms with Crippen LogP contribution in [-0.4, -0.2) is 16.0 Å². The lowest BCUT2D eigenvalue weighted by Crippen LogP contribution is -2.11. The number of benzene rings is 1. The zero-order chi connectivity index (χ0) is 20.7. The normalized spacial score (nSPS) is 12.7. The molecule has 5 nitrogen and oxygen atoms in total. The molecule has 1 aliphatic carbocycles. The Balaban J connectivity index is 1.53. The number of anilines is 1. The number of carbonyl (C=O) groups excluding carboxylic acids is 1. The molecule has 0 bridgehead atoms. The molecule has 6 heteroatoms. The number of hydrogen-bond donors (Lipinski definition) is 1. The molecule has 1 aliphatic rings. The molecule has 4 aromatic rings. The number of hydrogen-bond acceptors (Lipinski definition) is 5. The molecule has 5 rings (SSSR count). The molecule has 30 heavy (non-hydrogen) atoms. The minimum absolute atomic E-state index is 0.118. The molecule has 0 radical (unpaired) electrons. The van der Waals surface area contributed by atoms with Gasteiger partial charge in [-0.1, -0.05) is 23.4 Å². The van der Waals surface area contributed by atoms with Gasteiger partial charge in [0.05, 0.1) is 4.88 Å². The van der Waals surface area contributed by atoms with Gasteiger partial charge in [-0.25, -0.2) is 0 Å². The van der Waals surface area contributed by atoms with Crippen LogP contribution in [0.25, 0.3) is 21.6 Å². The molecule has 3 heterocycles. The smallest absolute Gasteiger partial charge is 0.265 e. The summed E-state index contributed by atoms with van der Waals surface area (Å²) < 4.78 is 5.17. The van der Waals surface area contributed by atoms with Gasteiger partial charge in [0.25, 0.3) is 5.91 Å². The summed E-state index contributed by atoms with van der Waals surface area (Å²) >= 11 is 1.56. The molecule has 3 aromatic heterocycles. The van der Waals surface area contributed by atoms with Crippen LogP contribution in [0, 0.1) is 13.8 Å². The molecule has 0 saturated carbocycles. The van der Waals surface area contributed by atoms with Gasteiger partial charge in [-0.3, -0.25) is 9.78 Å². The van der Waals surface area contributed by atoms with E-state index in [0.29, 0.717) is 22.0 Å². The zero-order valence-corrected chi connectivity index (χ0v) is 17.7. The van der Waals surface area contributed by atoms with Gasteiger partial charge in [0.1, 0.15) is 11.4 Å². The number of amides is 1. The van der Waals surface area contributed by atoms with Gasteiger partial charge in [-0.05, 0) is 73.6 Å². The maximum atomic E-state index is 12.9. The summed E-state index contributed by atoms with van der Waals surface area (Å²) in [6.45, 7) is 3.63. The Morgan fingerprint density at radius 1 is 1.10 bits per heavy atom. The molecule has 0 fully saturated rings. The molecule has 1 aromatic carbocycles. The van der Waals surface area contributed by atoms with E-state index in [0.717, 1.165) is 30.4 Å². The summed E-state index contributed by atoms with van der Waals surface area (Å²) in [6.07, 6.45) is 6.77. The van der Waals surface area contributed by atoms with Crippen molar-refractivity contribution in [2.24, 2.45) is 0 Å². The lowest BCUT2D eigenvalue weighted by molar-refractivity contribution is 0.103. The first-order chi connectivity index (χ1) is 14.6. The molecule has 0 atom stereocenters. The minimum atomic E-state index is -0.118. The number of carbonyl (C=O) groups is 1. The molecule has 150 valence electrons. The summed E-state index contributed by atoms with van der Waals surface area (Å²) in [5.41, 5.74) is 7.38. The monoisotopic (exact) mass is 415 g/mol. The topological polar surface area (TPSA) is 68.0 Å². The fourth-order valence-corrected chi connectivity index (χ4v) is 5.14. The molecule has 1 amide bonds. The number of fused-ring (bicyclic) bond motifs is 3. The largest absolute Gasteiger partial charge is 0.359 e. The van der Waals surface area contributed by atoms with Gasteiger partial charge in [-0.15, -0.1) is 11.3 Å². The second-order valence-electron chi connectivity index (χ2n) is 7.59. The van der Waals surface area contributed by atoms with Gasteiger partial charge < -0.3 is 9.84 Å². The van der Waals surface area contributed by atoms with Crippen LogP contribution < -0.4 is 5.32 Å². The lowest BCUT2D eigenvalue weighted by Gasteiger charge is -2.09. The highest BCUT2D eigenvalue weighted by Crippen LogP contribution is 2.40. The van der Waals surface area contributed by atoms with Crippen LogP contribution in [0.2, 0.25) is 0 Å². The zero-order valence-electron chi connectivity index (χ0n) is 16.9. The fraction of sp³-hybridized carbons (Fsp3) is 0.208. The van der Waals surface area contributed by atoms with E-state index in [4.69, 9.17) is 4.52 Å². The van der Waals surface area contributed by atoms with Crippen molar-refractivity contribution in [2.45, 2.75) is 33.1 Å². The van der Waals surface area contributed by atoms with Crippen LogP contribution in [0.15, 0.2) is 53.3 Å². The number of thiophene rings is 1. The molecular weight excluding hydrogens is 394 g/mol. The maximum Gasteiger partial charge on any atom is 0.265 e. The van der Waals surface area contributed by atoms with E-state index in [1.54, 1.807) is 24.5 Å². The predicted molar refractivity (Wildman–Crippen MR) is 119 cm³/mol. The van der Waals surface area contributed by atoms with Crippen molar-refractivity contribution in [3.63, 3.8) is 0 Å². The van der Waals surface area contributed by atoms with Gasteiger partial charge in [0.15, 0.2) is 5.76 Å². The fourth-order valence-electron chi connectivity index (χ4n) is 3.98. The number of nitrogens with zero attached hydrogens (tertiary/aromatic N) is 2. The number of rotatable bonds is 3. The Morgan fingerprint density at radius 2 is 1.97 bits per heavy atom. The quantitative estimate of drug-likeness (QED) is 0.458. The van der Waals surface area contributed by atoms with Crippen LogP contribution in [0.4, 0.5) is 5.69 Å². The van der Waals surface area contributed by atoms with E-state index < -0.39 is 0 Å². The predicted octanol–water partition coefficient (Wildman–Crippen LogP) is 5.82. The second kappa shape index (κ2) is 7.54. The highest BCUT2D eigenvalue weighted by Gasteiger charge is 2.22. The van der Waals surface area contributed by atoms with E-state index >= 15 is 0 Å². The van der Waals surface area contributed by atoms with Gasteiger partial charge in [0.2, 0.25) is 0 Å². The van der Waals surface area contributed by atoms with Crippen molar-refractivity contribution in [1.29, 1.82) is 0 Å². The Labute approximate surface area is 178 Å². The molecular formula is C24H21N3O2S. The van der Waals surface area contributed by atoms with Crippen molar-refractivity contribution in [1.82, 2.24) is 10.1 Å². The van der Waals surface area contributed by atoms with Crippen molar-refractivity contribution < 1.29 is 9.32 Å². The second-order valence-corrected chi connectivity index (χ2v) is 8.64. The Bertz CT molecular complexity index is 1220. The first-order valence-electron chi connectivity index (χ1n) is 10.0. The minimum Gasteiger partial charge on any atom is -0.359 e. The van der Waals surface area contributed by atoms with E-state index in [9.17, 15) is 4.79 Å². The highest BCUT2D eigenvalue weighted by molar-refractivity contribution is 7.17. The Kier molecular flexibility index (Phi) is 4.71. The summed E-state index contributed by atoms with van der Waals surface area (Å²) in [4.78, 5) is 19.1. The number of nitrogens with one attached hydrogen (secondary N) is 1. The van der Waals surface area contributed by atoms with E-state index in [1.165, 1.54) is 21.6 Å². The maximum absolute atomic E-state index is 12.9. The van der Waals surface area contributed by atoms with Gasteiger partial charge in [-0.2, -0.15) is 0 Å². The average molecular weight is 416 g/mol. The molecule has 0 unspecified atom stereocenters. The van der Waals surface area contributed by atoms with Crippen molar-refractivity contribution >= 4 is 22.9 Å². The Hall–Kier alpha value is -3.25. The van der Waals surface area contributed by atoms with Gasteiger partial charge >= 0.3 is 0 Å². The highest BCUT2D eigenvalue weighted by atomic mass is 32.1. The first-order valence-corrected chi connectivity index (χ1v) is 10.8.